The van der Waals surface area contributed by atoms with E-state index in [1.165, 1.54) is 20.3 Å². The summed E-state index contributed by atoms with van der Waals surface area (Å²) in [7, 11) is 2.89. The Kier molecular flexibility index (Phi) is 5.13. The first-order chi connectivity index (χ1) is 14.4. The second kappa shape index (κ2) is 7.62. The van der Waals surface area contributed by atoms with Crippen molar-refractivity contribution in [1.29, 1.82) is 0 Å². The van der Waals surface area contributed by atoms with Crippen LogP contribution < -0.4 is 11.3 Å². The Morgan fingerprint density at radius 3 is 2.70 bits per heavy atom. The molecule has 0 radical (unpaired) electrons. The lowest BCUT2D eigenvalue weighted by Gasteiger charge is -2.16. The Morgan fingerprint density at radius 1 is 1.30 bits per heavy atom. The molecular weight excluding hydrogens is 389 g/mol. The lowest BCUT2D eigenvalue weighted by molar-refractivity contribution is -0.116. The highest BCUT2D eigenvalue weighted by molar-refractivity contribution is 5.90. The van der Waals surface area contributed by atoms with Gasteiger partial charge in [0.05, 0.1) is 35.7 Å². The van der Waals surface area contributed by atoms with E-state index in [1.807, 2.05) is 6.92 Å². The maximum Gasteiger partial charge on any atom is 0.257 e. The Bertz CT molecular complexity index is 1240. The predicted octanol–water partition coefficient (Wildman–Crippen LogP) is 2.74. The highest BCUT2D eigenvalue weighted by Gasteiger charge is 2.29. The Hall–Kier alpha value is -3.10. The van der Waals surface area contributed by atoms with Crippen molar-refractivity contribution in [2.75, 3.05) is 20.0 Å². The van der Waals surface area contributed by atoms with Gasteiger partial charge in [0.25, 0.3) is 5.56 Å². The van der Waals surface area contributed by atoms with Gasteiger partial charge < -0.3 is 24.6 Å². The summed E-state index contributed by atoms with van der Waals surface area (Å²) in [5.74, 6) is -0.538. The molecule has 1 atom stereocenters. The smallest absolute Gasteiger partial charge is 0.257 e. The minimum Gasteiger partial charge on any atom is -0.396 e. The predicted molar refractivity (Wildman–Crippen MR) is 111 cm³/mol. The second-order valence-corrected chi connectivity index (χ2v) is 7.24. The number of hydrogen-bond acceptors (Lipinski definition) is 6. The van der Waals surface area contributed by atoms with Gasteiger partial charge >= 0.3 is 0 Å². The number of halogens is 1. The number of hydrogen-bond donors (Lipinski definition) is 1. The van der Waals surface area contributed by atoms with Crippen LogP contribution in [0.1, 0.15) is 35.3 Å². The maximum absolute atomic E-state index is 14.1. The zero-order valence-corrected chi connectivity index (χ0v) is 17.0. The minimum atomic E-state index is -0.902. The van der Waals surface area contributed by atoms with Crippen molar-refractivity contribution in [2.45, 2.75) is 32.6 Å². The van der Waals surface area contributed by atoms with E-state index in [-0.39, 0.29) is 17.9 Å². The molecule has 1 aliphatic heterocycles. The molecule has 156 valence electrons. The van der Waals surface area contributed by atoms with Crippen molar-refractivity contribution in [3.05, 3.63) is 56.6 Å². The average molecular weight is 411 g/mol. The number of aryl methyl sites for hydroxylation is 1. The van der Waals surface area contributed by atoms with E-state index in [0.29, 0.717) is 47.3 Å². The highest BCUT2D eigenvalue weighted by atomic mass is 19.1. The number of methoxy groups -OCH3 is 2. The molecule has 2 N–H and O–H groups in total. The van der Waals surface area contributed by atoms with Gasteiger partial charge in [-0.05, 0) is 24.1 Å². The van der Waals surface area contributed by atoms with Gasteiger partial charge in [0.2, 0.25) is 0 Å². The largest absolute Gasteiger partial charge is 0.396 e. The van der Waals surface area contributed by atoms with Crippen LogP contribution in [0.3, 0.4) is 0 Å². The van der Waals surface area contributed by atoms with Crippen molar-refractivity contribution in [3.8, 4) is 11.4 Å². The zero-order chi connectivity index (χ0) is 21.6. The molecule has 3 heterocycles. The molecule has 2 aromatic heterocycles. The van der Waals surface area contributed by atoms with Crippen LogP contribution in [0, 0.1) is 5.82 Å². The molecule has 4 rings (SSSR count). The third-order valence-corrected chi connectivity index (χ3v) is 5.64. The van der Waals surface area contributed by atoms with Crippen LogP contribution in [0.4, 0.5) is 10.1 Å². The summed E-state index contributed by atoms with van der Waals surface area (Å²) in [5.41, 5.74) is 9.91. The van der Waals surface area contributed by atoms with Crippen molar-refractivity contribution >= 4 is 22.9 Å². The molecule has 0 saturated carbocycles. The van der Waals surface area contributed by atoms with E-state index in [0.717, 1.165) is 16.5 Å². The molecule has 0 saturated heterocycles. The van der Waals surface area contributed by atoms with Crippen LogP contribution in [0.2, 0.25) is 0 Å². The number of aromatic nitrogens is 2. The fraction of sp³-hybridized carbons (Fsp3) is 0.318. The number of carbonyl (C=O) groups excluding carboxylic acids is 1. The zero-order valence-electron chi connectivity index (χ0n) is 17.0. The van der Waals surface area contributed by atoms with E-state index < -0.39 is 11.9 Å². The Labute approximate surface area is 172 Å². The molecule has 30 heavy (non-hydrogen) atoms. The molecule has 0 amide bonds. The van der Waals surface area contributed by atoms with Crippen LogP contribution in [-0.2, 0) is 33.8 Å². The number of anilines is 1. The maximum atomic E-state index is 14.1. The van der Waals surface area contributed by atoms with Gasteiger partial charge in [-0.15, -0.1) is 0 Å². The third-order valence-electron chi connectivity index (χ3n) is 5.64. The van der Waals surface area contributed by atoms with Crippen molar-refractivity contribution in [3.63, 3.8) is 0 Å². The second-order valence-electron chi connectivity index (χ2n) is 7.24. The van der Waals surface area contributed by atoms with Gasteiger partial charge in [-0.25, -0.2) is 9.37 Å². The Balaban J connectivity index is 2.05. The van der Waals surface area contributed by atoms with Crippen LogP contribution in [0.5, 0.6) is 0 Å². The first-order valence-corrected chi connectivity index (χ1v) is 9.59. The molecule has 0 aliphatic carbocycles. The summed E-state index contributed by atoms with van der Waals surface area (Å²) in [5, 5.41) is 0.774. The standard InChI is InChI=1S/C22H22FN3O4/c1-4-11-12-5-17(24)16(23)7-18(12)25-21-14(11)8-26-19(21)6-13(20(9-27)30-3)15(10-29-2)22(26)28/h5-7,9,20H,4,8,10,24H2,1-3H3. The molecule has 1 unspecified atom stereocenters. The molecule has 3 aromatic rings. The number of benzene rings is 1. The SMILES string of the molecule is CCc1c2c(nc3cc(F)c(N)cc13)-c1cc(C(C=O)OC)c(COC)c(=O)n1C2. The molecule has 7 nitrogen and oxygen atoms in total. The summed E-state index contributed by atoms with van der Waals surface area (Å²) in [4.78, 5) is 29.5. The number of fused-ring (bicyclic) bond motifs is 4. The lowest BCUT2D eigenvalue weighted by atomic mass is 9.97. The average Bonchev–Trinajstić information content (AvgIpc) is 3.09. The van der Waals surface area contributed by atoms with Gasteiger partial charge in [0, 0.05) is 42.4 Å². The third kappa shape index (κ3) is 2.91. The first kappa shape index (κ1) is 20.2. The fourth-order valence-electron chi connectivity index (χ4n) is 4.21. The van der Waals surface area contributed by atoms with Crippen LogP contribution in [0.25, 0.3) is 22.3 Å². The topological polar surface area (TPSA) is 96.4 Å². The number of carbonyl (C=O) groups is 1. The summed E-state index contributed by atoms with van der Waals surface area (Å²) in [6.45, 7) is 2.38. The number of nitrogen functional groups attached to an aromatic ring is 1. The lowest BCUT2D eigenvalue weighted by Crippen LogP contribution is -2.27. The normalized spacial score (nSPS) is 13.3. The van der Waals surface area contributed by atoms with Gasteiger partial charge in [-0.3, -0.25) is 4.79 Å². The van der Waals surface area contributed by atoms with E-state index in [1.54, 1.807) is 16.7 Å². The van der Waals surface area contributed by atoms with Crippen LogP contribution in [-0.4, -0.2) is 30.1 Å². The van der Waals surface area contributed by atoms with Gasteiger partial charge in [0.15, 0.2) is 6.29 Å². The monoisotopic (exact) mass is 411 g/mol. The van der Waals surface area contributed by atoms with Gasteiger partial charge in [0.1, 0.15) is 11.9 Å². The van der Waals surface area contributed by atoms with E-state index in [4.69, 9.17) is 15.2 Å². The Morgan fingerprint density at radius 2 is 2.07 bits per heavy atom. The number of nitrogens with zero attached hydrogens (tertiary/aromatic N) is 2. The van der Waals surface area contributed by atoms with Crippen LogP contribution in [0.15, 0.2) is 23.0 Å². The summed E-state index contributed by atoms with van der Waals surface area (Å²) < 4.78 is 26.2. The molecule has 1 aliphatic rings. The van der Waals surface area contributed by atoms with Crippen molar-refractivity contribution in [1.82, 2.24) is 9.55 Å². The number of ether oxygens (including phenoxy) is 2. The van der Waals surface area contributed by atoms with Crippen molar-refractivity contribution < 1.29 is 18.7 Å². The molecule has 8 heteroatoms. The van der Waals surface area contributed by atoms with Gasteiger partial charge in [-0.2, -0.15) is 0 Å². The first-order valence-electron chi connectivity index (χ1n) is 9.59. The highest BCUT2D eigenvalue weighted by Crippen LogP contribution is 2.38. The van der Waals surface area contributed by atoms with E-state index in [9.17, 15) is 14.0 Å². The summed E-state index contributed by atoms with van der Waals surface area (Å²) in [6.07, 6.45) is 0.410. The van der Waals surface area contributed by atoms with Crippen LogP contribution >= 0.6 is 0 Å². The summed E-state index contributed by atoms with van der Waals surface area (Å²) >= 11 is 0. The molecular formula is C22H22FN3O4. The molecule has 0 spiro atoms. The van der Waals surface area contributed by atoms with E-state index in [2.05, 4.69) is 4.98 Å². The molecule has 0 fully saturated rings. The number of nitrogens with two attached hydrogens (primary N) is 1. The number of pyridine rings is 2. The number of aldehydes is 1. The minimum absolute atomic E-state index is 0.0519. The quantitative estimate of drug-likeness (QED) is 0.387. The van der Waals surface area contributed by atoms with Crippen molar-refractivity contribution in [2.24, 2.45) is 0 Å². The number of rotatable bonds is 6. The molecule has 0 bridgehead atoms. The fourth-order valence-corrected chi connectivity index (χ4v) is 4.21. The van der Waals surface area contributed by atoms with E-state index >= 15 is 0 Å². The molecule has 1 aromatic carbocycles. The summed E-state index contributed by atoms with van der Waals surface area (Å²) in [6, 6.07) is 4.65. The van der Waals surface area contributed by atoms with Gasteiger partial charge in [-0.1, -0.05) is 6.92 Å².